The van der Waals surface area contributed by atoms with Crippen LogP contribution in [0.25, 0.3) is 42.4 Å². The zero-order valence-electron chi connectivity index (χ0n) is 22.4. The van der Waals surface area contributed by atoms with Crippen LogP contribution in [0.15, 0.2) is 73.1 Å². The topological polar surface area (TPSA) is 44.3 Å². The summed E-state index contributed by atoms with van der Waals surface area (Å²) in [7, 11) is 0. The number of hydrogen-bond acceptors (Lipinski definition) is 6. The molecule has 0 radical (unpaired) electrons. The molecule has 0 atom stereocenters. The largest absolute Gasteiger partial charge is 0.357 e. The highest BCUT2D eigenvalue weighted by Crippen LogP contribution is 2.39. The summed E-state index contributed by atoms with van der Waals surface area (Å²) in [5.41, 5.74) is 4.97. The molecular weight excluding hydrogens is 498 g/mol. The normalized spacial score (nSPS) is 16.9. The van der Waals surface area contributed by atoms with Crippen molar-refractivity contribution >= 4 is 43.1 Å². The van der Waals surface area contributed by atoms with Crippen LogP contribution >= 0.6 is 11.3 Å². The number of anilines is 2. The van der Waals surface area contributed by atoms with E-state index in [9.17, 15) is 0 Å². The molecule has 0 aliphatic carbocycles. The van der Waals surface area contributed by atoms with Crippen LogP contribution in [-0.4, -0.2) is 49.2 Å². The van der Waals surface area contributed by atoms with Crippen molar-refractivity contribution in [3.63, 3.8) is 0 Å². The summed E-state index contributed by atoms with van der Waals surface area (Å²) in [6, 6.07) is 22.7. The van der Waals surface area contributed by atoms with Crippen molar-refractivity contribution in [1.29, 1.82) is 0 Å². The lowest BCUT2D eigenvalue weighted by atomic mass is 10.0. The van der Waals surface area contributed by atoms with Crippen LogP contribution in [0, 0.1) is 0 Å². The van der Waals surface area contributed by atoms with Crippen LogP contribution in [-0.2, 0) is 0 Å². The van der Waals surface area contributed by atoms with Crippen molar-refractivity contribution in [2.24, 2.45) is 0 Å². The summed E-state index contributed by atoms with van der Waals surface area (Å²) >= 11 is 1.88. The van der Waals surface area contributed by atoms with E-state index < -0.39 is 0 Å². The van der Waals surface area contributed by atoms with E-state index in [1.165, 1.54) is 74.5 Å². The van der Waals surface area contributed by atoms with E-state index in [-0.39, 0.29) is 0 Å². The Morgan fingerprint density at radius 3 is 1.59 bits per heavy atom. The van der Waals surface area contributed by atoms with Crippen molar-refractivity contribution in [2.45, 2.75) is 32.1 Å². The Balaban J connectivity index is 1.23. The van der Waals surface area contributed by atoms with Gasteiger partial charge in [0.05, 0.1) is 0 Å². The van der Waals surface area contributed by atoms with E-state index in [0.717, 1.165) is 50.9 Å². The van der Waals surface area contributed by atoms with Crippen molar-refractivity contribution in [3.05, 3.63) is 73.1 Å². The van der Waals surface area contributed by atoms with Crippen LogP contribution < -0.4 is 15.1 Å². The molecule has 0 saturated carbocycles. The molecule has 7 rings (SSSR count). The Morgan fingerprint density at radius 2 is 1.03 bits per heavy atom. The molecule has 2 aliphatic rings. The first-order chi connectivity index (χ1) is 19.3. The SMILES string of the molecule is c1cc(-c2ccc3sc4ccc(-c5ccnc(N6CCNCC6)c5)cc4c3c2)cc(N2CCCCCCC2)n1. The zero-order valence-corrected chi connectivity index (χ0v) is 23.2. The molecule has 5 nitrogen and oxygen atoms in total. The first kappa shape index (κ1) is 24.6. The molecule has 0 amide bonds. The molecule has 6 heteroatoms. The number of fused-ring (bicyclic) bond motifs is 3. The molecule has 5 aromatic rings. The minimum Gasteiger partial charge on any atom is -0.357 e. The Labute approximate surface area is 234 Å². The van der Waals surface area contributed by atoms with Gasteiger partial charge >= 0.3 is 0 Å². The van der Waals surface area contributed by atoms with Gasteiger partial charge in [-0.25, -0.2) is 9.97 Å². The predicted octanol–water partition coefficient (Wildman–Crippen LogP) is 7.36. The van der Waals surface area contributed by atoms with Crippen molar-refractivity contribution in [2.75, 3.05) is 49.1 Å². The maximum Gasteiger partial charge on any atom is 0.129 e. The Morgan fingerprint density at radius 1 is 0.538 bits per heavy atom. The first-order valence-corrected chi connectivity index (χ1v) is 15.2. The van der Waals surface area contributed by atoms with Crippen LogP contribution in [0.2, 0.25) is 0 Å². The zero-order chi connectivity index (χ0) is 26.0. The Kier molecular flexibility index (Phi) is 6.89. The molecule has 198 valence electrons. The van der Waals surface area contributed by atoms with Gasteiger partial charge in [-0.2, -0.15) is 0 Å². The fourth-order valence-corrected chi connectivity index (χ4v) is 7.12. The lowest BCUT2D eigenvalue weighted by Gasteiger charge is -2.28. The minimum absolute atomic E-state index is 1.00. The van der Waals surface area contributed by atoms with Crippen molar-refractivity contribution in [3.8, 4) is 22.3 Å². The molecule has 1 N–H and O–H groups in total. The molecule has 0 bridgehead atoms. The summed E-state index contributed by atoms with van der Waals surface area (Å²) < 4.78 is 2.67. The number of thiophene rings is 1. The van der Waals surface area contributed by atoms with E-state index in [1.807, 2.05) is 23.7 Å². The average Bonchev–Trinajstić information content (AvgIpc) is 3.35. The lowest BCUT2D eigenvalue weighted by molar-refractivity contribution is 0.554. The monoisotopic (exact) mass is 533 g/mol. The molecule has 39 heavy (non-hydrogen) atoms. The third-order valence-electron chi connectivity index (χ3n) is 8.25. The van der Waals surface area contributed by atoms with Gasteiger partial charge < -0.3 is 15.1 Å². The highest BCUT2D eigenvalue weighted by Gasteiger charge is 2.15. The maximum atomic E-state index is 4.77. The smallest absolute Gasteiger partial charge is 0.129 e. The van der Waals surface area contributed by atoms with E-state index in [2.05, 4.69) is 80.8 Å². The molecule has 2 saturated heterocycles. The number of hydrogen-bond donors (Lipinski definition) is 1. The molecule has 2 fully saturated rings. The van der Waals surface area contributed by atoms with E-state index >= 15 is 0 Å². The molecule has 0 unspecified atom stereocenters. The molecular formula is C33H35N5S. The lowest BCUT2D eigenvalue weighted by Crippen LogP contribution is -2.43. The second kappa shape index (κ2) is 10.9. The van der Waals surface area contributed by atoms with E-state index in [4.69, 9.17) is 4.98 Å². The van der Waals surface area contributed by atoms with Gasteiger partial charge in [0.25, 0.3) is 0 Å². The highest BCUT2D eigenvalue weighted by molar-refractivity contribution is 7.25. The fraction of sp³-hybridized carbons (Fsp3) is 0.333. The number of rotatable bonds is 4. The summed E-state index contributed by atoms with van der Waals surface area (Å²) in [5.74, 6) is 2.19. The predicted molar refractivity (Wildman–Crippen MR) is 166 cm³/mol. The second-order valence-corrected chi connectivity index (χ2v) is 11.9. The fourth-order valence-electron chi connectivity index (χ4n) is 6.05. The number of piperazine rings is 1. The third kappa shape index (κ3) is 5.11. The summed E-state index contributed by atoms with van der Waals surface area (Å²) in [4.78, 5) is 14.3. The van der Waals surface area contributed by atoms with Gasteiger partial charge in [-0.15, -0.1) is 11.3 Å². The van der Waals surface area contributed by atoms with Gasteiger partial charge in [-0.3, -0.25) is 0 Å². The third-order valence-corrected chi connectivity index (χ3v) is 9.40. The molecule has 3 aromatic heterocycles. The van der Waals surface area contributed by atoms with Gasteiger partial charge in [0.15, 0.2) is 0 Å². The molecule has 2 aromatic carbocycles. The molecule has 2 aliphatic heterocycles. The van der Waals surface area contributed by atoms with Crippen LogP contribution in [0.4, 0.5) is 11.6 Å². The number of nitrogens with one attached hydrogen (secondary N) is 1. The van der Waals surface area contributed by atoms with E-state index in [0.29, 0.717) is 0 Å². The second-order valence-electron chi connectivity index (χ2n) is 10.8. The van der Waals surface area contributed by atoms with Gasteiger partial charge in [-0.1, -0.05) is 31.4 Å². The summed E-state index contributed by atoms with van der Waals surface area (Å²) in [5, 5.41) is 6.09. The molecule has 5 heterocycles. The number of benzene rings is 2. The van der Waals surface area contributed by atoms with E-state index in [1.54, 1.807) is 0 Å². The number of aromatic nitrogens is 2. The van der Waals surface area contributed by atoms with Gasteiger partial charge in [0.1, 0.15) is 11.6 Å². The number of pyridine rings is 2. The van der Waals surface area contributed by atoms with Crippen molar-refractivity contribution in [1.82, 2.24) is 15.3 Å². The molecule has 0 spiro atoms. The minimum atomic E-state index is 1.00. The standard InChI is InChI=1S/C33H35N5S/c1-2-4-16-37(17-5-3-1)32-22-26(10-12-35-32)24-6-8-30-28(20-24)29-21-25(7-9-31(29)39-30)27-11-13-36-33(23-27)38-18-14-34-15-19-38/h6-13,20-23,34H,1-5,14-19H2. The Hall–Kier alpha value is -3.48. The van der Waals surface area contributed by atoms with Gasteiger partial charge in [0, 0.05) is 71.8 Å². The van der Waals surface area contributed by atoms with Crippen LogP contribution in [0.1, 0.15) is 32.1 Å². The van der Waals surface area contributed by atoms with Crippen LogP contribution in [0.3, 0.4) is 0 Å². The van der Waals surface area contributed by atoms with Crippen molar-refractivity contribution < 1.29 is 0 Å². The Bertz CT molecular complexity index is 1590. The summed E-state index contributed by atoms with van der Waals surface area (Å²) in [6.45, 7) is 6.25. The van der Waals surface area contributed by atoms with Gasteiger partial charge in [0.2, 0.25) is 0 Å². The number of nitrogens with zero attached hydrogens (tertiary/aromatic N) is 4. The maximum absolute atomic E-state index is 4.77. The highest BCUT2D eigenvalue weighted by atomic mass is 32.1. The first-order valence-electron chi connectivity index (χ1n) is 14.4. The summed E-state index contributed by atoms with van der Waals surface area (Å²) in [6.07, 6.45) is 10.5. The quantitative estimate of drug-likeness (QED) is 0.261. The van der Waals surface area contributed by atoms with Crippen LogP contribution in [0.5, 0.6) is 0 Å². The van der Waals surface area contributed by atoms with Gasteiger partial charge in [-0.05, 0) is 83.6 Å². The average molecular weight is 534 g/mol.